The van der Waals surface area contributed by atoms with Gasteiger partial charge in [-0.25, -0.2) is 4.98 Å². The van der Waals surface area contributed by atoms with E-state index in [-0.39, 0.29) is 0 Å². The molecule has 1 fully saturated rings. The first-order valence-electron chi connectivity index (χ1n) is 11.5. The number of hydrogen-bond donors (Lipinski definition) is 0. The lowest BCUT2D eigenvalue weighted by molar-refractivity contribution is -0.132. The Morgan fingerprint density at radius 2 is 1.91 bits per heavy atom. The van der Waals surface area contributed by atoms with Gasteiger partial charge < -0.3 is 9.47 Å². The van der Waals surface area contributed by atoms with Crippen LogP contribution in [0.5, 0.6) is 0 Å². The average molecular weight is 444 g/mol. The summed E-state index contributed by atoms with van der Waals surface area (Å²) in [7, 11) is 0. The zero-order valence-corrected chi connectivity index (χ0v) is 19.4. The van der Waals surface area contributed by atoms with Gasteiger partial charge in [-0.1, -0.05) is 36.4 Å². The van der Waals surface area contributed by atoms with Gasteiger partial charge in [0.1, 0.15) is 0 Å². The maximum atomic E-state index is 12.6. The normalized spacial score (nSPS) is 14.8. The summed E-state index contributed by atoms with van der Waals surface area (Å²) in [6.07, 6.45) is 7.78. The van der Waals surface area contributed by atoms with Crippen molar-refractivity contribution in [2.75, 3.05) is 13.1 Å². The van der Waals surface area contributed by atoms with E-state index in [1.807, 2.05) is 31.3 Å². The van der Waals surface area contributed by atoms with Crippen molar-refractivity contribution in [1.82, 2.24) is 14.5 Å². The molecule has 1 amide bonds. The third-order valence-electron chi connectivity index (χ3n) is 6.57. The van der Waals surface area contributed by atoms with Crippen molar-refractivity contribution >= 4 is 28.1 Å². The Kier molecular flexibility index (Phi) is 6.08. The van der Waals surface area contributed by atoms with E-state index in [2.05, 4.69) is 57.0 Å². The highest BCUT2D eigenvalue weighted by Gasteiger charge is 2.23. The predicted molar refractivity (Wildman–Crippen MR) is 132 cm³/mol. The van der Waals surface area contributed by atoms with Crippen LogP contribution in [0.25, 0.3) is 21.3 Å². The maximum absolute atomic E-state index is 12.6. The van der Waals surface area contributed by atoms with Gasteiger partial charge in [0, 0.05) is 49.4 Å². The molecule has 5 heteroatoms. The standard InChI is InChI=1S/C27H29N3OS/c1-20-28-18-26(32-20)24-8-9-25-23(17-24)13-16-30(25)19-22-11-14-29(15-12-22)27(31)10-7-21-5-3-2-4-6-21/h2-6,8-9,13,16-18,22H,7,10-12,14-15,19H2,1H3. The average Bonchev–Trinajstić information content (AvgIpc) is 3.44. The first-order valence-corrected chi connectivity index (χ1v) is 12.3. The fourth-order valence-electron chi connectivity index (χ4n) is 4.70. The minimum atomic E-state index is 0.296. The van der Waals surface area contributed by atoms with Gasteiger partial charge in [0.15, 0.2) is 0 Å². The lowest BCUT2D eigenvalue weighted by atomic mass is 9.96. The van der Waals surface area contributed by atoms with E-state index in [1.165, 1.54) is 26.9 Å². The third kappa shape index (κ3) is 4.63. The molecule has 0 atom stereocenters. The van der Waals surface area contributed by atoms with Crippen LogP contribution in [-0.4, -0.2) is 33.4 Å². The molecule has 1 aliphatic heterocycles. The number of benzene rings is 2. The molecule has 32 heavy (non-hydrogen) atoms. The molecule has 2 aromatic heterocycles. The van der Waals surface area contributed by atoms with Crippen LogP contribution in [0.2, 0.25) is 0 Å². The van der Waals surface area contributed by atoms with Crippen LogP contribution in [0, 0.1) is 12.8 Å². The highest BCUT2D eigenvalue weighted by molar-refractivity contribution is 7.15. The van der Waals surface area contributed by atoms with Crippen LogP contribution in [0.1, 0.15) is 29.8 Å². The summed E-state index contributed by atoms with van der Waals surface area (Å²) < 4.78 is 2.38. The summed E-state index contributed by atoms with van der Waals surface area (Å²) in [6, 6.07) is 19.2. The summed E-state index contributed by atoms with van der Waals surface area (Å²) in [5.41, 5.74) is 3.77. The summed E-state index contributed by atoms with van der Waals surface area (Å²) >= 11 is 1.74. The van der Waals surface area contributed by atoms with Crippen LogP contribution in [0.15, 0.2) is 67.0 Å². The Bertz CT molecular complexity index is 1200. The van der Waals surface area contributed by atoms with Gasteiger partial charge in [0.05, 0.1) is 9.88 Å². The topological polar surface area (TPSA) is 38.1 Å². The number of fused-ring (bicyclic) bond motifs is 1. The summed E-state index contributed by atoms with van der Waals surface area (Å²) in [4.78, 5) is 20.3. The van der Waals surface area contributed by atoms with E-state index in [0.29, 0.717) is 18.2 Å². The molecule has 4 aromatic rings. The maximum Gasteiger partial charge on any atom is 0.222 e. The van der Waals surface area contributed by atoms with Gasteiger partial charge in [-0.2, -0.15) is 0 Å². The Morgan fingerprint density at radius 3 is 2.66 bits per heavy atom. The Morgan fingerprint density at radius 1 is 1.09 bits per heavy atom. The zero-order chi connectivity index (χ0) is 21.9. The van der Waals surface area contributed by atoms with E-state index in [1.54, 1.807) is 11.3 Å². The second-order valence-corrected chi connectivity index (χ2v) is 10.0. The number of likely N-dealkylation sites (tertiary alicyclic amines) is 1. The highest BCUT2D eigenvalue weighted by atomic mass is 32.1. The van der Waals surface area contributed by atoms with Gasteiger partial charge in [0.2, 0.25) is 5.91 Å². The van der Waals surface area contributed by atoms with Gasteiger partial charge in [-0.05, 0) is 61.4 Å². The Balaban J connectivity index is 1.17. The van der Waals surface area contributed by atoms with Gasteiger partial charge in [0.25, 0.3) is 0 Å². The molecule has 1 saturated heterocycles. The smallest absolute Gasteiger partial charge is 0.222 e. The lowest BCUT2D eigenvalue weighted by Gasteiger charge is -2.32. The van der Waals surface area contributed by atoms with E-state index >= 15 is 0 Å². The summed E-state index contributed by atoms with van der Waals surface area (Å²) in [6.45, 7) is 4.83. The van der Waals surface area contributed by atoms with Crippen molar-refractivity contribution in [2.24, 2.45) is 5.92 Å². The molecular formula is C27H29N3OS. The number of carbonyl (C=O) groups excluding carboxylic acids is 1. The molecule has 0 spiro atoms. The minimum absolute atomic E-state index is 0.296. The van der Waals surface area contributed by atoms with Crippen molar-refractivity contribution < 1.29 is 4.79 Å². The van der Waals surface area contributed by atoms with Crippen molar-refractivity contribution in [2.45, 2.75) is 39.2 Å². The molecule has 1 aliphatic rings. The van der Waals surface area contributed by atoms with Gasteiger partial charge in [-0.3, -0.25) is 4.79 Å². The number of amides is 1. The molecule has 0 N–H and O–H groups in total. The number of aromatic nitrogens is 2. The minimum Gasteiger partial charge on any atom is -0.347 e. The zero-order valence-electron chi connectivity index (χ0n) is 18.5. The second-order valence-electron chi connectivity index (χ2n) is 8.79. The van der Waals surface area contributed by atoms with E-state index in [9.17, 15) is 4.79 Å². The van der Waals surface area contributed by atoms with Crippen LogP contribution in [0.4, 0.5) is 0 Å². The monoisotopic (exact) mass is 443 g/mol. The van der Waals surface area contributed by atoms with E-state index in [0.717, 1.165) is 43.9 Å². The molecule has 0 bridgehead atoms. The Labute approximate surface area is 193 Å². The van der Waals surface area contributed by atoms with Crippen molar-refractivity contribution in [3.63, 3.8) is 0 Å². The molecule has 3 heterocycles. The number of aryl methyl sites for hydroxylation is 2. The molecular weight excluding hydrogens is 414 g/mol. The SMILES string of the molecule is Cc1ncc(-c2ccc3c(ccn3CC3CCN(C(=O)CCc4ccccc4)CC3)c2)s1. The first kappa shape index (κ1) is 21.0. The molecule has 0 unspecified atom stereocenters. The quantitative estimate of drug-likeness (QED) is 0.370. The fraction of sp³-hybridized carbons (Fsp3) is 0.333. The Hall–Kier alpha value is -2.92. The van der Waals surface area contributed by atoms with Crippen LogP contribution in [-0.2, 0) is 17.8 Å². The molecule has 5 rings (SSSR count). The van der Waals surface area contributed by atoms with Crippen LogP contribution < -0.4 is 0 Å². The largest absolute Gasteiger partial charge is 0.347 e. The molecule has 0 saturated carbocycles. The van der Waals surface area contributed by atoms with Crippen LogP contribution in [0.3, 0.4) is 0 Å². The van der Waals surface area contributed by atoms with Gasteiger partial charge >= 0.3 is 0 Å². The number of rotatable bonds is 6. The molecule has 0 aliphatic carbocycles. The number of hydrogen-bond acceptors (Lipinski definition) is 3. The van der Waals surface area contributed by atoms with Crippen molar-refractivity contribution in [3.8, 4) is 10.4 Å². The van der Waals surface area contributed by atoms with E-state index < -0.39 is 0 Å². The third-order valence-corrected chi connectivity index (χ3v) is 7.53. The van der Waals surface area contributed by atoms with Crippen LogP contribution >= 0.6 is 11.3 Å². The lowest BCUT2D eigenvalue weighted by Crippen LogP contribution is -2.39. The first-order chi connectivity index (χ1) is 15.7. The molecule has 4 nitrogen and oxygen atoms in total. The number of carbonyl (C=O) groups is 1. The number of piperidine rings is 1. The summed E-state index contributed by atoms with van der Waals surface area (Å²) in [5, 5.41) is 2.38. The molecule has 2 aromatic carbocycles. The number of thiazole rings is 1. The number of nitrogens with zero attached hydrogens (tertiary/aromatic N) is 3. The summed E-state index contributed by atoms with van der Waals surface area (Å²) in [5.74, 6) is 0.914. The highest BCUT2D eigenvalue weighted by Crippen LogP contribution is 2.30. The van der Waals surface area contributed by atoms with E-state index in [4.69, 9.17) is 0 Å². The molecule has 0 radical (unpaired) electrons. The van der Waals surface area contributed by atoms with Crippen molar-refractivity contribution in [1.29, 1.82) is 0 Å². The van der Waals surface area contributed by atoms with Crippen molar-refractivity contribution in [3.05, 3.63) is 77.6 Å². The predicted octanol–water partition coefficient (Wildman–Crippen LogP) is 5.94. The fourth-order valence-corrected chi connectivity index (χ4v) is 5.48. The second kappa shape index (κ2) is 9.29. The van der Waals surface area contributed by atoms with Gasteiger partial charge in [-0.15, -0.1) is 11.3 Å². The molecule has 164 valence electrons.